The number of rotatable bonds is 2. The van der Waals surface area contributed by atoms with Gasteiger partial charge < -0.3 is 4.74 Å². The number of hydrogen-bond acceptors (Lipinski definition) is 2. The van der Waals surface area contributed by atoms with Gasteiger partial charge in [0.15, 0.2) is 5.90 Å². The van der Waals surface area contributed by atoms with Crippen LogP contribution in [0.4, 0.5) is 0 Å². The molecule has 1 aliphatic rings. The first kappa shape index (κ1) is 8.57. The van der Waals surface area contributed by atoms with E-state index in [9.17, 15) is 0 Å². The van der Waals surface area contributed by atoms with Crippen LogP contribution in [0, 0.1) is 5.92 Å². The van der Waals surface area contributed by atoms with Crippen molar-refractivity contribution >= 4 is 5.90 Å². The van der Waals surface area contributed by atoms with Crippen molar-refractivity contribution < 1.29 is 4.74 Å². The minimum atomic E-state index is 0.0552. The van der Waals surface area contributed by atoms with E-state index in [1.165, 1.54) is 0 Å². The predicted octanol–water partition coefficient (Wildman–Crippen LogP) is 2.24. The molecule has 0 bridgehead atoms. The number of ether oxygens (including phenoxy) is 1. The molecule has 0 saturated carbocycles. The fourth-order valence-electron chi connectivity index (χ4n) is 1.04. The zero-order valence-corrected chi connectivity index (χ0v) is 7.85. The molecule has 2 heteroatoms. The highest BCUT2D eigenvalue weighted by Gasteiger charge is 2.30. The molecule has 0 aromatic carbocycles. The van der Waals surface area contributed by atoms with E-state index in [-0.39, 0.29) is 5.54 Å². The minimum absolute atomic E-state index is 0.0552. The maximum atomic E-state index is 5.47. The Labute approximate surface area is 68.7 Å². The molecular formula is C9H17NO. The topological polar surface area (TPSA) is 21.6 Å². The van der Waals surface area contributed by atoms with Crippen LogP contribution in [0.15, 0.2) is 4.99 Å². The van der Waals surface area contributed by atoms with Crippen molar-refractivity contribution in [1.29, 1.82) is 0 Å². The molecule has 0 saturated heterocycles. The molecule has 0 radical (unpaired) electrons. The van der Waals surface area contributed by atoms with Crippen molar-refractivity contribution in [2.75, 3.05) is 6.61 Å². The summed E-state index contributed by atoms with van der Waals surface area (Å²) in [6, 6.07) is 0. The van der Waals surface area contributed by atoms with E-state index in [2.05, 4.69) is 32.7 Å². The second-order valence-electron chi connectivity index (χ2n) is 3.74. The third-order valence-electron chi connectivity index (χ3n) is 2.17. The molecule has 1 unspecified atom stereocenters. The standard InChI is InChI=1S/C9H17NO/c1-5-9(4)6-11-8(10-9)7(2)3/h7H,5-6H2,1-4H3. The highest BCUT2D eigenvalue weighted by Crippen LogP contribution is 2.23. The average molecular weight is 155 g/mol. The lowest BCUT2D eigenvalue weighted by molar-refractivity contribution is 0.253. The maximum absolute atomic E-state index is 5.47. The Morgan fingerprint density at radius 2 is 2.27 bits per heavy atom. The van der Waals surface area contributed by atoms with Gasteiger partial charge in [0.25, 0.3) is 0 Å². The molecular weight excluding hydrogens is 138 g/mol. The highest BCUT2D eigenvalue weighted by atomic mass is 16.5. The van der Waals surface area contributed by atoms with E-state index in [0.717, 1.165) is 18.9 Å². The second kappa shape index (κ2) is 2.84. The third kappa shape index (κ3) is 1.73. The van der Waals surface area contributed by atoms with E-state index >= 15 is 0 Å². The van der Waals surface area contributed by atoms with E-state index in [4.69, 9.17) is 4.74 Å². The van der Waals surface area contributed by atoms with Gasteiger partial charge in [-0.3, -0.25) is 0 Å². The van der Waals surface area contributed by atoms with E-state index in [1.54, 1.807) is 0 Å². The van der Waals surface area contributed by atoms with Crippen LogP contribution in [-0.4, -0.2) is 18.0 Å². The van der Waals surface area contributed by atoms with E-state index in [1.807, 2.05) is 0 Å². The van der Waals surface area contributed by atoms with E-state index in [0.29, 0.717) is 5.92 Å². The lowest BCUT2D eigenvalue weighted by Crippen LogP contribution is -2.21. The number of nitrogens with zero attached hydrogens (tertiary/aromatic N) is 1. The first-order chi connectivity index (χ1) is 5.07. The summed E-state index contributed by atoms with van der Waals surface area (Å²) in [4.78, 5) is 4.53. The zero-order chi connectivity index (χ0) is 8.48. The van der Waals surface area contributed by atoms with Crippen LogP contribution in [0.5, 0.6) is 0 Å². The Morgan fingerprint density at radius 3 is 2.55 bits per heavy atom. The molecule has 1 atom stereocenters. The molecule has 0 N–H and O–H groups in total. The Balaban J connectivity index is 2.67. The summed E-state index contributed by atoms with van der Waals surface area (Å²) in [5.41, 5.74) is 0.0552. The molecule has 1 heterocycles. The lowest BCUT2D eigenvalue weighted by Gasteiger charge is -2.13. The van der Waals surface area contributed by atoms with Gasteiger partial charge in [-0.2, -0.15) is 0 Å². The largest absolute Gasteiger partial charge is 0.478 e. The van der Waals surface area contributed by atoms with Crippen molar-refractivity contribution in [3.8, 4) is 0 Å². The van der Waals surface area contributed by atoms with Gasteiger partial charge in [0.1, 0.15) is 6.61 Å². The summed E-state index contributed by atoms with van der Waals surface area (Å²) >= 11 is 0. The van der Waals surface area contributed by atoms with Gasteiger partial charge in [-0.15, -0.1) is 0 Å². The zero-order valence-electron chi connectivity index (χ0n) is 7.85. The Kier molecular flexibility index (Phi) is 2.21. The summed E-state index contributed by atoms with van der Waals surface area (Å²) in [6.45, 7) is 9.27. The van der Waals surface area contributed by atoms with Crippen molar-refractivity contribution in [1.82, 2.24) is 0 Å². The molecule has 64 valence electrons. The molecule has 0 fully saturated rings. The van der Waals surface area contributed by atoms with Crippen LogP contribution in [0.1, 0.15) is 34.1 Å². The van der Waals surface area contributed by atoms with Crippen LogP contribution in [0.25, 0.3) is 0 Å². The van der Waals surface area contributed by atoms with Crippen LogP contribution < -0.4 is 0 Å². The molecule has 0 aromatic heterocycles. The number of hydrogen-bond donors (Lipinski definition) is 0. The van der Waals surface area contributed by atoms with Gasteiger partial charge in [0.2, 0.25) is 0 Å². The molecule has 1 rings (SSSR count). The number of aliphatic imine (C=N–C) groups is 1. The fraction of sp³-hybridized carbons (Fsp3) is 0.889. The lowest BCUT2D eigenvalue weighted by atomic mass is 10.0. The Morgan fingerprint density at radius 1 is 1.64 bits per heavy atom. The molecule has 0 aromatic rings. The van der Waals surface area contributed by atoms with Gasteiger partial charge in [0.05, 0.1) is 5.54 Å². The Hall–Kier alpha value is -0.530. The second-order valence-corrected chi connectivity index (χ2v) is 3.74. The fourth-order valence-corrected chi connectivity index (χ4v) is 1.04. The smallest absolute Gasteiger partial charge is 0.186 e. The van der Waals surface area contributed by atoms with Crippen molar-refractivity contribution in [3.05, 3.63) is 0 Å². The van der Waals surface area contributed by atoms with Gasteiger partial charge >= 0.3 is 0 Å². The predicted molar refractivity (Wildman–Crippen MR) is 46.9 cm³/mol. The first-order valence-electron chi connectivity index (χ1n) is 4.30. The van der Waals surface area contributed by atoms with Crippen LogP contribution in [0.2, 0.25) is 0 Å². The van der Waals surface area contributed by atoms with Gasteiger partial charge in [0, 0.05) is 5.92 Å². The van der Waals surface area contributed by atoms with Crippen molar-refractivity contribution in [3.63, 3.8) is 0 Å². The summed E-state index contributed by atoms with van der Waals surface area (Å²) in [7, 11) is 0. The summed E-state index contributed by atoms with van der Waals surface area (Å²) in [5.74, 6) is 1.36. The average Bonchev–Trinajstić information content (AvgIpc) is 2.33. The van der Waals surface area contributed by atoms with Crippen LogP contribution in [0.3, 0.4) is 0 Å². The van der Waals surface area contributed by atoms with Gasteiger partial charge in [-0.1, -0.05) is 20.8 Å². The molecule has 0 amide bonds. The van der Waals surface area contributed by atoms with Crippen molar-refractivity contribution in [2.45, 2.75) is 39.7 Å². The van der Waals surface area contributed by atoms with Crippen LogP contribution >= 0.6 is 0 Å². The molecule has 0 aliphatic carbocycles. The van der Waals surface area contributed by atoms with Crippen molar-refractivity contribution in [2.24, 2.45) is 10.9 Å². The summed E-state index contributed by atoms with van der Waals surface area (Å²) < 4.78 is 5.47. The highest BCUT2D eigenvalue weighted by molar-refractivity contribution is 5.80. The van der Waals surface area contributed by atoms with Gasteiger partial charge in [-0.05, 0) is 13.3 Å². The third-order valence-corrected chi connectivity index (χ3v) is 2.17. The summed E-state index contributed by atoms with van der Waals surface area (Å²) in [6.07, 6.45) is 1.06. The molecule has 1 aliphatic heterocycles. The Bertz CT molecular complexity index is 174. The van der Waals surface area contributed by atoms with Crippen LogP contribution in [-0.2, 0) is 4.74 Å². The summed E-state index contributed by atoms with van der Waals surface area (Å²) in [5, 5.41) is 0. The normalized spacial score (nSPS) is 30.5. The quantitative estimate of drug-likeness (QED) is 0.599. The van der Waals surface area contributed by atoms with Gasteiger partial charge in [-0.25, -0.2) is 4.99 Å². The SMILES string of the molecule is CCC1(C)COC(C(C)C)=N1. The monoisotopic (exact) mass is 155 g/mol. The first-order valence-corrected chi connectivity index (χ1v) is 4.30. The minimum Gasteiger partial charge on any atom is -0.478 e. The van der Waals surface area contributed by atoms with E-state index < -0.39 is 0 Å². The molecule has 11 heavy (non-hydrogen) atoms. The molecule has 0 spiro atoms. The molecule has 2 nitrogen and oxygen atoms in total. The maximum Gasteiger partial charge on any atom is 0.186 e.